The van der Waals surface area contributed by atoms with Gasteiger partial charge in [0, 0.05) is 17.9 Å². The fourth-order valence-corrected chi connectivity index (χ4v) is 2.35. The number of fused-ring (bicyclic) bond motifs is 1. The predicted octanol–water partition coefficient (Wildman–Crippen LogP) is 1.98. The Balaban J connectivity index is 1.85. The molecular formula is C13H12N2O2. The molecule has 17 heavy (non-hydrogen) atoms. The van der Waals surface area contributed by atoms with Crippen molar-refractivity contribution >= 4 is 5.78 Å². The van der Waals surface area contributed by atoms with Crippen LogP contribution in [0.2, 0.25) is 0 Å². The number of nitrogens with zero attached hydrogens (tertiary/aromatic N) is 2. The van der Waals surface area contributed by atoms with Gasteiger partial charge in [0.05, 0.1) is 0 Å². The molecule has 0 amide bonds. The number of aromatic nitrogens is 2. The minimum atomic E-state index is -0.0157. The first-order chi connectivity index (χ1) is 8.25. The maximum atomic E-state index is 12.2. The maximum absolute atomic E-state index is 12.2. The number of Topliss-reactive ketones (excluding diaryl/α,β-unsaturated/α-hetero) is 1. The van der Waals surface area contributed by atoms with Crippen molar-refractivity contribution in [2.24, 2.45) is 5.92 Å². The Bertz CT molecular complexity index is 574. The van der Waals surface area contributed by atoms with Crippen molar-refractivity contribution < 1.29 is 9.42 Å². The van der Waals surface area contributed by atoms with E-state index in [1.165, 1.54) is 0 Å². The molecule has 0 aliphatic heterocycles. The van der Waals surface area contributed by atoms with Gasteiger partial charge in [-0.1, -0.05) is 34.6 Å². The molecule has 0 spiro atoms. The molecule has 2 aromatic rings. The molecule has 1 aliphatic carbocycles. The number of carbonyl (C=O) groups is 1. The highest BCUT2D eigenvalue weighted by Crippen LogP contribution is 2.28. The first-order valence-electron chi connectivity index (χ1n) is 5.66. The molecule has 0 N–H and O–H groups in total. The zero-order valence-electron chi connectivity index (χ0n) is 9.51. The van der Waals surface area contributed by atoms with Crippen molar-refractivity contribution in [1.82, 2.24) is 10.3 Å². The lowest BCUT2D eigenvalue weighted by atomic mass is 9.98. The molecule has 1 aliphatic rings. The zero-order valence-corrected chi connectivity index (χ0v) is 9.51. The molecule has 0 fully saturated rings. The molecule has 0 saturated carbocycles. The summed E-state index contributed by atoms with van der Waals surface area (Å²) in [5, 5.41) is 7.57. The Kier molecular flexibility index (Phi) is 2.28. The maximum Gasteiger partial charge on any atom is 0.166 e. The van der Waals surface area contributed by atoms with Crippen LogP contribution in [0.4, 0.5) is 0 Å². The highest BCUT2D eigenvalue weighted by molar-refractivity contribution is 6.02. The van der Waals surface area contributed by atoms with Crippen LogP contribution in [-0.4, -0.2) is 16.1 Å². The van der Waals surface area contributed by atoms with E-state index >= 15 is 0 Å². The van der Waals surface area contributed by atoms with Gasteiger partial charge in [0.15, 0.2) is 5.78 Å². The Morgan fingerprint density at radius 3 is 2.88 bits per heavy atom. The highest BCUT2D eigenvalue weighted by atomic mass is 16.6. The second-order valence-corrected chi connectivity index (χ2v) is 4.42. The smallest absolute Gasteiger partial charge is 0.166 e. The number of rotatable bonds is 2. The van der Waals surface area contributed by atoms with E-state index in [9.17, 15) is 4.79 Å². The van der Waals surface area contributed by atoms with Gasteiger partial charge in [0.2, 0.25) is 0 Å². The van der Waals surface area contributed by atoms with Crippen molar-refractivity contribution in [3.8, 4) is 0 Å². The first kappa shape index (κ1) is 10.2. The van der Waals surface area contributed by atoms with E-state index in [0.717, 1.165) is 28.9 Å². The molecular weight excluding hydrogens is 216 g/mol. The average molecular weight is 228 g/mol. The summed E-state index contributed by atoms with van der Waals surface area (Å²) in [7, 11) is 0. The first-order valence-corrected chi connectivity index (χ1v) is 5.66. The van der Waals surface area contributed by atoms with Crippen molar-refractivity contribution in [3.63, 3.8) is 0 Å². The molecule has 1 aromatic carbocycles. The minimum Gasteiger partial charge on any atom is -0.294 e. The summed E-state index contributed by atoms with van der Waals surface area (Å²) in [5.41, 5.74) is 3.55. The number of ketones is 1. The molecule has 0 saturated heterocycles. The third-order valence-electron chi connectivity index (χ3n) is 3.31. The van der Waals surface area contributed by atoms with Crippen molar-refractivity contribution in [1.29, 1.82) is 0 Å². The third-order valence-corrected chi connectivity index (χ3v) is 3.31. The van der Waals surface area contributed by atoms with E-state index in [-0.39, 0.29) is 11.7 Å². The Morgan fingerprint density at radius 2 is 2.18 bits per heavy atom. The van der Waals surface area contributed by atoms with Gasteiger partial charge in [0.1, 0.15) is 11.4 Å². The largest absolute Gasteiger partial charge is 0.294 e. The molecule has 0 bridgehead atoms. The van der Waals surface area contributed by atoms with Crippen molar-refractivity contribution in [2.75, 3.05) is 0 Å². The summed E-state index contributed by atoms with van der Waals surface area (Å²) in [4.78, 5) is 12.2. The summed E-state index contributed by atoms with van der Waals surface area (Å²) < 4.78 is 4.66. The van der Waals surface area contributed by atoms with Crippen LogP contribution in [0.1, 0.15) is 27.3 Å². The molecule has 4 nitrogen and oxygen atoms in total. The Hall–Kier alpha value is -1.97. The Morgan fingerprint density at radius 1 is 1.35 bits per heavy atom. The summed E-state index contributed by atoms with van der Waals surface area (Å²) in [6.07, 6.45) is 1.41. The predicted molar refractivity (Wildman–Crippen MR) is 60.7 cm³/mol. The summed E-state index contributed by atoms with van der Waals surface area (Å²) in [6, 6.07) is 7.78. The monoisotopic (exact) mass is 228 g/mol. The fourth-order valence-electron chi connectivity index (χ4n) is 2.35. The second kappa shape index (κ2) is 3.80. The van der Waals surface area contributed by atoms with Gasteiger partial charge in [-0.05, 0) is 18.9 Å². The number of carbonyl (C=O) groups excluding carboxylic acids is 1. The number of hydrogen-bond acceptors (Lipinski definition) is 4. The normalized spacial score (nSPS) is 18.4. The lowest BCUT2D eigenvalue weighted by molar-refractivity contribution is 0.0935. The van der Waals surface area contributed by atoms with Gasteiger partial charge in [-0.25, -0.2) is 4.63 Å². The minimum absolute atomic E-state index is 0.0157. The van der Waals surface area contributed by atoms with Gasteiger partial charge in [0.25, 0.3) is 0 Å². The molecule has 1 heterocycles. The van der Waals surface area contributed by atoms with Gasteiger partial charge in [-0.15, -0.1) is 0 Å². The standard InChI is InChI=1S/C13H12N2O2/c1-8-12(15-17-14-8)7-10-6-9-4-2-3-5-11(9)13(10)16/h2-5,10H,6-7H2,1H3. The van der Waals surface area contributed by atoms with E-state index < -0.39 is 0 Å². The van der Waals surface area contributed by atoms with Crippen LogP contribution >= 0.6 is 0 Å². The molecule has 1 aromatic heterocycles. The lowest BCUT2D eigenvalue weighted by Crippen LogP contribution is -2.13. The van der Waals surface area contributed by atoms with Crippen LogP contribution in [0.5, 0.6) is 0 Å². The van der Waals surface area contributed by atoms with Gasteiger partial charge in [-0.3, -0.25) is 4.79 Å². The van der Waals surface area contributed by atoms with Crippen molar-refractivity contribution in [2.45, 2.75) is 19.8 Å². The quantitative estimate of drug-likeness (QED) is 0.788. The fraction of sp³-hybridized carbons (Fsp3) is 0.308. The topological polar surface area (TPSA) is 56.0 Å². The molecule has 4 heteroatoms. The van der Waals surface area contributed by atoms with Crippen LogP contribution in [-0.2, 0) is 12.8 Å². The van der Waals surface area contributed by atoms with Crippen molar-refractivity contribution in [3.05, 3.63) is 46.8 Å². The molecule has 0 radical (unpaired) electrons. The van der Waals surface area contributed by atoms with E-state index in [1.807, 2.05) is 31.2 Å². The zero-order chi connectivity index (χ0) is 11.8. The van der Waals surface area contributed by atoms with Crippen LogP contribution in [0.15, 0.2) is 28.9 Å². The van der Waals surface area contributed by atoms with E-state index in [2.05, 4.69) is 14.9 Å². The van der Waals surface area contributed by atoms with Crippen LogP contribution < -0.4 is 0 Å². The average Bonchev–Trinajstić information content (AvgIpc) is 2.87. The Labute approximate surface area is 98.6 Å². The molecule has 3 rings (SSSR count). The van der Waals surface area contributed by atoms with Gasteiger partial charge >= 0.3 is 0 Å². The van der Waals surface area contributed by atoms with E-state index in [4.69, 9.17) is 0 Å². The molecule has 1 atom stereocenters. The number of hydrogen-bond donors (Lipinski definition) is 0. The summed E-state index contributed by atoms with van der Waals surface area (Å²) in [6.45, 7) is 1.85. The summed E-state index contributed by atoms with van der Waals surface area (Å²) >= 11 is 0. The summed E-state index contributed by atoms with van der Waals surface area (Å²) in [5.74, 6) is 0.195. The third kappa shape index (κ3) is 1.65. The molecule has 86 valence electrons. The van der Waals surface area contributed by atoms with Crippen LogP contribution in [0.25, 0.3) is 0 Å². The van der Waals surface area contributed by atoms with Crippen LogP contribution in [0, 0.1) is 12.8 Å². The van der Waals surface area contributed by atoms with E-state index in [1.54, 1.807) is 0 Å². The number of aryl methyl sites for hydroxylation is 1. The lowest BCUT2D eigenvalue weighted by Gasteiger charge is -2.04. The van der Waals surface area contributed by atoms with E-state index in [0.29, 0.717) is 6.42 Å². The highest BCUT2D eigenvalue weighted by Gasteiger charge is 2.31. The SMILES string of the molecule is Cc1nonc1CC1Cc2ccccc2C1=O. The van der Waals surface area contributed by atoms with Crippen LogP contribution in [0.3, 0.4) is 0 Å². The van der Waals surface area contributed by atoms with Gasteiger partial charge < -0.3 is 0 Å². The van der Waals surface area contributed by atoms with Gasteiger partial charge in [-0.2, -0.15) is 0 Å². The second-order valence-electron chi connectivity index (χ2n) is 4.42. The molecule has 1 unspecified atom stereocenters. The number of benzene rings is 1.